The molecule has 0 fully saturated rings. The van der Waals surface area contributed by atoms with Crippen LogP contribution in [-0.2, 0) is 0 Å². The van der Waals surface area contributed by atoms with Crippen LogP contribution in [0.3, 0.4) is 0 Å². The molecule has 2 unspecified atom stereocenters. The maximum Gasteiger partial charge on any atom is 0.276 e. The summed E-state index contributed by atoms with van der Waals surface area (Å²) in [4.78, 5) is 31.7. The smallest absolute Gasteiger partial charge is 0.276 e. The summed E-state index contributed by atoms with van der Waals surface area (Å²) in [6.45, 7) is -0.816. The van der Waals surface area contributed by atoms with E-state index in [9.17, 15) is 24.9 Å². The number of hydrogen-bond acceptors (Lipinski definition) is 8. The van der Waals surface area contributed by atoms with E-state index in [0.29, 0.717) is 21.8 Å². The van der Waals surface area contributed by atoms with Gasteiger partial charge < -0.3 is 25.0 Å². The van der Waals surface area contributed by atoms with Crippen molar-refractivity contribution in [3.05, 3.63) is 69.1 Å². The Kier molecular flexibility index (Phi) is 6.98. The highest BCUT2D eigenvalue weighted by molar-refractivity contribution is 6.31. The molecule has 1 heterocycles. The number of benzene rings is 2. The molecular formula is C20H19ClN4O6. The highest BCUT2D eigenvalue weighted by atomic mass is 35.5. The second-order valence-electron chi connectivity index (χ2n) is 6.44. The lowest BCUT2D eigenvalue weighted by atomic mass is 10.1. The van der Waals surface area contributed by atoms with Crippen LogP contribution in [0.25, 0.3) is 11.0 Å². The molecule has 0 spiro atoms. The van der Waals surface area contributed by atoms with Gasteiger partial charge in [0, 0.05) is 10.6 Å². The molecule has 0 saturated heterocycles. The molecule has 1 aromatic heterocycles. The Balaban J connectivity index is 2.01. The van der Waals surface area contributed by atoms with Crippen molar-refractivity contribution >= 4 is 34.3 Å². The molecule has 0 aliphatic heterocycles. The van der Waals surface area contributed by atoms with Crippen LogP contribution in [0.4, 0.5) is 0 Å². The average Bonchev–Trinajstić information content (AvgIpc) is 2.78. The SMILES string of the molecule is COc1ccc(C(=O)NN=C(c2nc3cc(Cl)ccc3[nH]c2=O)C(O)C(O)CO)cc1. The predicted molar refractivity (Wildman–Crippen MR) is 113 cm³/mol. The minimum absolute atomic E-state index is 0.230. The Bertz CT molecular complexity index is 1180. The van der Waals surface area contributed by atoms with Gasteiger partial charge in [0.2, 0.25) is 0 Å². The average molecular weight is 447 g/mol. The quantitative estimate of drug-likeness (QED) is 0.260. The fourth-order valence-corrected chi connectivity index (χ4v) is 2.85. The van der Waals surface area contributed by atoms with E-state index in [-0.39, 0.29) is 11.3 Å². The van der Waals surface area contributed by atoms with Crippen molar-refractivity contribution in [1.82, 2.24) is 15.4 Å². The third-order valence-electron chi connectivity index (χ3n) is 4.36. The first-order valence-electron chi connectivity index (χ1n) is 9.03. The molecule has 162 valence electrons. The van der Waals surface area contributed by atoms with Crippen LogP contribution < -0.4 is 15.7 Å². The molecule has 0 saturated carbocycles. The summed E-state index contributed by atoms with van der Waals surface area (Å²) in [6.07, 6.45) is -3.49. The molecule has 0 aliphatic carbocycles. The van der Waals surface area contributed by atoms with Crippen LogP contribution in [0.5, 0.6) is 5.75 Å². The zero-order valence-corrected chi connectivity index (χ0v) is 17.0. The van der Waals surface area contributed by atoms with Gasteiger partial charge in [-0.3, -0.25) is 9.59 Å². The first-order chi connectivity index (χ1) is 14.8. The second-order valence-corrected chi connectivity index (χ2v) is 6.87. The number of aliphatic hydroxyl groups is 3. The van der Waals surface area contributed by atoms with Crippen molar-refractivity contribution in [2.75, 3.05) is 13.7 Å². The highest BCUT2D eigenvalue weighted by Crippen LogP contribution is 2.16. The predicted octanol–water partition coefficient (Wildman–Crippen LogP) is 0.433. The number of hydrogen-bond donors (Lipinski definition) is 5. The number of aliphatic hydroxyl groups excluding tert-OH is 3. The molecule has 5 N–H and O–H groups in total. The standard InChI is InChI=1S/C20H19ClN4O6/c1-31-12-5-2-10(3-6-12)19(29)25-24-16(18(28)15(27)9-26)17-20(30)23-13-7-4-11(21)8-14(13)22-17/h2-8,15,18,26-28H,9H2,1H3,(H,23,30)(H,25,29). The van der Waals surface area contributed by atoms with Crippen LogP contribution in [0.2, 0.25) is 5.02 Å². The number of halogens is 1. The van der Waals surface area contributed by atoms with E-state index in [2.05, 4.69) is 20.5 Å². The fourth-order valence-electron chi connectivity index (χ4n) is 2.69. The lowest BCUT2D eigenvalue weighted by Gasteiger charge is -2.17. The number of nitrogens with one attached hydrogen (secondary N) is 2. The number of aromatic amines is 1. The lowest BCUT2D eigenvalue weighted by molar-refractivity contribution is 0.0183. The van der Waals surface area contributed by atoms with E-state index in [4.69, 9.17) is 16.3 Å². The van der Waals surface area contributed by atoms with Gasteiger partial charge in [0.15, 0.2) is 5.69 Å². The van der Waals surface area contributed by atoms with Crippen LogP contribution in [0.15, 0.2) is 52.4 Å². The van der Waals surface area contributed by atoms with E-state index >= 15 is 0 Å². The van der Waals surface area contributed by atoms with Gasteiger partial charge in [0.05, 0.1) is 24.8 Å². The van der Waals surface area contributed by atoms with E-state index in [1.165, 1.54) is 25.3 Å². The number of carbonyl (C=O) groups is 1. The molecule has 10 nitrogen and oxygen atoms in total. The number of amides is 1. The van der Waals surface area contributed by atoms with Gasteiger partial charge in [-0.05, 0) is 42.5 Å². The molecule has 3 rings (SSSR count). The molecule has 11 heteroatoms. The van der Waals surface area contributed by atoms with Gasteiger partial charge in [-0.2, -0.15) is 5.10 Å². The van der Waals surface area contributed by atoms with Gasteiger partial charge in [-0.15, -0.1) is 0 Å². The van der Waals surface area contributed by atoms with Crippen molar-refractivity contribution in [1.29, 1.82) is 0 Å². The van der Waals surface area contributed by atoms with E-state index in [1.54, 1.807) is 24.3 Å². The molecule has 0 aliphatic rings. The second kappa shape index (κ2) is 9.67. The van der Waals surface area contributed by atoms with Crippen molar-refractivity contribution in [3.8, 4) is 5.75 Å². The van der Waals surface area contributed by atoms with Crippen LogP contribution in [0.1, 0.15) is 16.1 Å². The Hall–Kier alpha value is -3.31. The Morgan fingerprint density at radius 3 is 2.61 bits per heavy atom. The molecule has 2 atom stereocenters. The van der Waals surface area contributed by atoms with Gasteiger partial charge >= 0.3 is 0 Å². The first-order valence-corrected chi connectivity index (χ1v) is 9.40. The number of nitrogens with zero attached hydrogens (tertiary/aromatic N) is 2. The van der Waals surface area contributed by atoms with Crippen molar-refractivity contribution in [2.24, 2.45) is 5.10 Å². The number of hydrazone groups is 1. The minimum atomic E-state index is -1.81. The number of H-pyrrole nitrogens is 1. The van der Waals surface area contributed by atoms with Gasteiger partial charge in [0.25, 0.3) is 11.5 Å². The van der Waals surface area contributed by atoms with Crippen LogP contribution >= 0.6 is 11.6 Å². The summed E-state index contributed by atoms with van der Waals surface area (Å²) in [5, 5.41) is 33.7. The molecule has 0 bridgehead atoms. The number of methoxy groups -OCH3 is 1. The zero-order valence-electron chi connectivity index (χ0n) is 16.2. The summed E-state index contributed by atoms with van der Waals surface area (Å²) in [5.41, 5.74) is 1.61. The third-order valence-corrected chi connectivity index (χ3v) is 4.59. The molecule has 2 aromatic carbocycles. The van der Waals surface area contributed by atoms with Gasteiger partial charge in [-0.1, -0.05) is 11.6 Å². The van der Waals surface area contributed by atoms with Crippen molar-refractivity contribution in [3.63, 3.8) is 0 Å². The number of carbonyl (C=O) groups excluding carboxylic acids is 1. The van der Waals surface area contributed by atoms with Crippen LogP contribution in [-0.4, -0.2) is 62.8 Å². The fraction of sp³-hybridized carbons (Fsp3) is 0.200. The molecule has 3 aromatic rings. The zero-order chi connectivity index (χ0) is 22.5. The molecular weight excluding hydrogens is 428 g/mol. The van der Waals surface area contributed by atoms with Crippen molar-refractivity contribution < 1.29 is 24.9 Å². The Morgan fingerprint density at radius 2 is 1.97 bits per heavy atom. The largest absolute Gasteiger partial charge is 0.497 e. The van der Waals surface area contributed by atoms with Crippen LogP contribution in [0, 0.1) is 0 Å². The maximum atomic E-state index is 12.5. The molecule has 31 heavy (non-hydrogen) atoms. The number of fused-ring (bicyclic) bond motifs is 1. The van der Waals surface area contributed by atoms with Gasteiger partial charge in [0.1, 0.15) is 23.7 Å². The Labute approximate surface area is 180 Å². The van der Waals surface area contributed by atoms with Gasteiger partial charge in [-0.25, -0.2) is 10.4 Å². The van der Waals surface area contributed by atoms with Crippen molar-refractivity contribution in [2.45, 2.75) is 12.2 Å². The normalized spacial score (nSPS) is 13.6. The summed E-state index contributed by atoms with van der Waals surface area (Å²) in [6, 6.07) is 10.7. The Morgan fingerprint density at radius 1 is 1.26 bits per heavy atom. The lowest BCUT2D eigenvalue weighted by Crippen LogP contribution is -2.41. The van der Waals surface area contributed by atoms with E-state index < -0.39 is 36.0 Å². The number of ether oxygens (including phenoxy) is 1. The first kappa shape index (κ1) is 22.4. The monoisotopic (exact) mass is 446 g/mol. The third kappa shape index (κ3) is 5.06. The topological polar surface area (TPSA) is 157 Å². The summed E-state index contributed by atoms with van der Waals surface area (Å²) in [5.74, 6) is -0.0982. The highest BCUT2D eigenvalue weighted by Gasteiger charge is 2.27. The minimum Gasteiger partial charge on any atom is -0.497 e. The molecule has 0 radical (unpaired) electrons. The van der Waals surface area contributed by atoms with E-state index in [1.807, 2.05) is 0 Å². The van der Waals surface area contributed by atoms with E-state index in [0.717, 1.165) is 0 Å². The summed E-state index contributed by atoms with van der Waals surface area (Å²) < 4.78 is 5.03. The summed E-state index contributed by atoms with van der Waals surface area (Å²) >= 11 is 5.97. The number of aromatic nitrogens is 2. The summed E-state index contributed by atoms with van der Waals surface area (Å²) in [7, 11) is 1.49. The number of rotatable bonds is 7. The molecule has 1 amide bonds. The maximum absolute atomic E-state index is 12.5.